The minimum Gasteiger partial charge on any atom is -0.478 e. The van der Waals surface area contributed by atoms with Crippen molar-refractivity contribution in [3.05, 3.63) is 89.5 Å². The molecule has 1 aromatic heterocycles. The van der Waals surface area contributed by atoms with Crippen LogP contribution < -0.4 is 5.32 Å². The quantitative estimate of drug-likeness (QED) is 0.550. The first kappa shape index (κ1) is 17.5. The average Bonchev–Trinajstić information content (AvgIpc) is 3.16. The molecule has 2 N–H and O–H groups in total. The standard InChI is InChI=1S/C22H16N2O4/c25-20(23-13-14-4-2-1-3-5-14)17-10-11-19-18(12-17)24-21(28-19)15-6-8-16(9-7-15)22(26)27/h1-12H,13H2,(H,23,25)(H,26,27). The van der Waals surface area contributed by atoms with Crippen LogP contribution in [0, 0.1) is 0 Å². The second-order valence-electron chi connectivity index (χ2n) is 6.25. The van der Waals surface area contributed by atoms with Crippen molar-refractivity contribution in [1.82, 2.24) is 10.3 Å². The third-order valence-corrected chi connectivity index (χ3v) is 4.32. The maximum absolute atomic E-state index is 12.4. The largest absolute Gasteiger partial charge is 0.478 e. The monoisotopic (exact) mass is 372 g/mol. The molecular formula is C22H16N2O4. The minimum absolute atomic E-state index is 0.192. The van der Waals surface area contributed by atoms with E-state index in [0.717, 1.165) is 5.56 Å². The van der Waals surface area contributed by atoms with Gasteiger partial charge in [0.05, 0.1) is 5.56 Å². The fourth-order valence-corrected chi connectivity index (χ4v) is 2.83. The van der Waals surface area contributed by atoms with Gasteiger partial charge in [0.15, 0.2) is 5.58 Å². The summed E-state index contributed by atoms with van der Waals surface area (Å²) in [5.74, 6) is -0.815. The molecule has 0 atom stereocenters. The number of carboxylic acid groups (broad SMARTS) is 1. The highest BCUT2D eigenvalue weighted by Gasteiger charge is 2.12. The van der Waals surface area contributed by atoms with Crippen LogP contribution in [0.1, 0.15) is 26.3 Å². The van der Waals surface area contributed by atoms with Crippen molar-refractivity contribution in [3.8, 4) is 11.5 Å². The van der Waals surface area contributed by atoms with Gasteiger partial charge >= 0.3 is 5.97 Å². The zero-order valence-corrected chi connectivity index (χ0v) is 14.8. The average molecular weight is 372 g/mol. The van der Waals surface area contributed by atoms with Crippen LogP contribution in [0.25, 0.3) is 22.6 Å². The van der Waals surface area contributed by atoms with Gasteiger partial charge in [0.25, 0.3) is 5.91 Å². The maximum atomic E-state index is 12.4. The summed E-state index contributed by atoms with van der Waals surface area (Å²) in [6, 6.07) is 21.0. The lowest BCUT2D eigenvalue weighted by Gasteiger charge is -2.05. The minimum atomic E-state index is -0.990. The van der Waals surface area contributed by atoms with Crippen molar-refractivity contribution < 1.29 is 19.1 Å². The predicted molar refractivity (Wildman–Crippen MR) is 104 cm³/mol. The number of aromatic carboxylic acids is 1. The molecule has 0 saturated carbocycles. The van der Waals surface area contributed by atoms with Crippen LogP contribution in [-0.4, -0.2) is 22.0 Å². The lowest BCUT2D eigenvalue weighted by molar-refractivity contribution is 0.0696. The third-order valence-electron chi connectivity index (χ3n) is 4.32. The van der Waals surface area contributed by atoms with E-state index in [9.17, 15) is 9.59 Å². The molecule has 3 aromatic carbocycles. The van der Waals surface area contributed by atoms with Gasteiger partial charge in [0, 0.05) is 17.7 Å². The molecule has 6 heteroatoms. The molecule has 4 rings (SSSR count). The molecule has 0 radical (unpaired) electrons. The second kappa shape index (κ2) is 7.36. The van der Waals surface area contributed by atoms with Gasteiger partial charge in [-0.3, -0.25) is 4.79 Å². The maximum Gasteiger partial charge on any atom is 0.335 e. The first-order chi connectivity index (χ1) is 13.6. The predicted octanol–water partition coefficient (Wildman–Crippen LogP) is 4.12. The number of carbonyl (C=O) groups is 2. The van der Waals surface area contributed by atoms with Crippen LogP contribution >= 0.6 is 0 Å². The second-order valence-corrected chi connectivity index (χ2v) is 6.25. The Morgan fingerprint density at radius 3 is 2.36 bits per heavy atom. The lowest BCUT2D eigenvalue weighted by atomic mass is 10.1. The van der Waals surface area contributed by atoms with Crippen molar-refractivity contribution in [2.24, 2.45) is 0 Å². The fraction of sp³-hybridized carbons (Fsp3) is 0.0455. The Morgan fingerprint density at radius 1 is 0.929 bits per heavy atom. The van der Waals surface area contributed by atoms with E-state index in [1.165, 1.54) is 12.1 Å². The van der Waals surface area contributed by atoms with Crippen molar-refractivity contribution in [1.29, 1.82) is 0 Å². The Kier molecular flexibility index (Phi) is 4.60. The highest BCUT2D eigenvalue weighted by atomic mass is 16.4. The normalized spacial score (nSPS) is 10.7. The molecule has 0 aliphatic rings. The number of hydrogen-bond acceptors (Lipinski definition) is 4. The van der Waals surface area contributed by atoms with Gasteiger partial charge in [-0.2, -0.15) is 0 Å². The molecule has 28 heavy (non-hydrogen) atoms. The molecule has 0 aliphatic heterocycles. The first-order valence-electron chi connectivity index (χ1n) is 8.66. The molecule has 0 aliphatic carbocycles. The molecule has 0 spiro atoms. The van der Waals surface area contributed by atoms with Gasteiger partial charge in [-0.05, 0) is 48.0 Å². The zero-order chi connectivity index (χ0) is 19.5. The van der Waals surface area contributed by atoms with Crippen molar-refractivity contribution >= 4 is 23.0 Å². The Morgan fingerprint density at radius 2 is 1.64 bits per heavy atom. The van der Waals surface area contributed by atoms with Crippen LogP contribution in [0.15, 0.2) is 77.2 Å². The molecule has 4 aromatic rings. The number of fused-ring (bicyclic) bond motifs is 1. The topological polar surface area (TPSA) is 92.4 Å². The van der Waals surface area contributed by atoms with Gasteiger partial charge < -0.3 is 14.8 Å². The highest BCUT2D eigenvalue weighted by molar-refractivity contribution is 5.97. The number of hydrogen-bond donors (Lipinski definition) is 2. The Bertz CT molecular complexity index is 1150. The number of amides is 1. The Balaban J connectivity index is 1.54. The summed E-state index contributed by atoms with van der Waals surface area (Å²) in [6.07, 6.45) is 0. The molecule has 0 fully saturated rings. The van der Waals surface area contributed by atoms with Gasteiger partial charge in [-0.1, -0.05) is 30.3 Å². The van der Waals surface area contributed by atoms with Crippen LogP contribution in [0.2, 0.25) is 0 Å². The van der Waals surface area contributed by atoms with Gasteiger partial charge in [0.1, 0.15) is 5.52 Å². The number of aromatic nitrogens is 1. The zero-order valence-electron chi connectivity index (χ0n) is 14.8. The molecule has 1 amide bonds. The van der Waals surface area contributed by atoms with Gasteiger partial charge in [0.2, 0.25) is 5.89 Å². The highest BCUT2D eigenvalue weighted by Crippen LogP contribution is 2.25. The number of nitrogens with zero attached hydrogens (tertiary/aromatic N) is 1. The van der Waals surface area contributed by atoms with E-state index in [2.05, 4.69) is 10.3 Å². The summed E-state index contributed by atoms with van der Waals surface area (Å²) >= 11 is 0. The molecule has 6 nitrogen and oxygen atoms in total. The molecule has 138 valence electrons. The van der Waals surface area contributed by atoms with E-state index in [-0.39, 0.29) is 11.5 Å². The van der Waals surface area contributed by atoms with E-state index in [1.54, 1.807) is 30.3 Å². The van der Waals surface area contributed by atoms with Crippen molar-refractivity contribution in [3.63, 3.8) is 0 Å². The van der Waals surface area contributed by atoms with E-state index < -0.39 is 5.97 Å². The van der Waals surface area contributed by atoms with Gasteiger partial charge in [-0.15, -0.1) is 0 Å². The number of oxazole rings is 1. The number of carboxylic acids is 1. The summed E-state index contributed by atoms with van der Waals surface area (Å²) in [5.41, 5.74) is 3.48. The lowest BCUT2D eigenvalue weighted by Crippen LogP contribution is -2.22. The number of carbonyl (C=O) groups excluding carboxylic acids is 1. The van der Waals surface area contributed by atoms with E-state index in [1.807, 2.05) is 30.3 Å². The summed E-state index contributed by atoms with van der Waals surface area (Å²) < 4.78 is 5.73. The summed E-state index contributed by atoms with van der Waals surface area (Å²) in [5, 5.41) is 11.9. The summed E-state index contributed by atoms with van der Waals surface area (Å²) in [6.45, 7) is 0.442. The Hall–Kier alpha value is -3.93. The fourth-order valence-electron chi connectivity index (χ4n) is 2.83. The number of benzene rings is 3. The molecule has 1 heterocycles. The molecular weight excluding hydrogens is 356 g/mol. The summed E-state index contributed by atoms with van der Waals surface area (Å²) in [7, 11) is 0. The molecule has 0 unspecified atom stereocenters. The SMILES string of the molecule is O=C(O)c1ccc(-c2nc3cc(C(=O)NCc4ccccc4)ccc3o2)cc1. The molecule has 0 saturated heterocycles. The van der Waals surface area contributed by atoms with E-state index in [4.69, 9.17) is 9.52 Å². The number of rotatable bonds is 5. The number of nitrogens with one attached hydrogen (secondary N) is 1. The van der Waals surface area contributed by atoms with Gasteiger partial charge in [-0.25, -0.2) is 9.78 Å². The first-order valence-corrected chi connectivity index (χ1v) is 8.66. The van der Waals surface area contributed by atoms with E-state index in [0.29, 0.717) is 34.7 Å². The van der Waals surface area contributed by atoms with Crippen LogP contribution in [-0.2, 0) is 6.54 Å². The molecule has 0 bridgehead atoms. The smallest absolute Gasteiger partial charge is 0.335 e. The van der Waals surface area contributed by atoms with E-state index >= 15 is 0 Å². The van der Waals surface area contributed by atoms with Crippen LogP contribution in [0.4, 0.5) is 0 Å². The van der Waals surface area contributed by atoms with Crippen molar-refractivity contribution in [2.75, 3.05) is 0 Å². The van der Waals surface area contributed by atoms with Crippen molar-refractivity contribution in [2.45, 2.75) is 6.54 Å². The van der Waals surface area contributed by atoms with Crippen LogP contribution in [0.5, 0.6) is 0 Å². The third kappa shape index (κ3) is 3.61. The Labute approximate surface area is 160 Å². The van der Waals surface area contributed by atoms with Crippen LogP contribution in [0.3, 0.4) is 0 Å². The summed E-state index contributed by atoms with van der Waals surface area (Å²) in [4.78, 5) is 27.8.